The van der Waals surface area contributed by atoms with Crippen molar-refractivity contribution in [3.63, 3.8) is 0 Å². The van der Waals surface area contributed by atoms with E-state index < -0.39 is 5.38 Å². The Morgan fingerprint density at radius 3 is 2.70 bits per heavy atom. The van der Waals surface area contributed by atoms with Crippen molar-refractivity contribution in [3.05, 3.63) is 58.6 Å². The molecule has 3 aromatic rings. The molecule has 2 amide bonds. The van der Waals surface area contributed by atoms with Gasteiger partial charge < -0.3 is 14.4 Å². The van der Waals surface area contributed by atoms with E-state index in [1.807, 2.05) is 30.0 Å². The molecule has 0 radical (unpaired) electrons. The molecule has 0 bridgehead atoms. The van der Waals surface area contributed by atoms with E-state index in [0.717, 1.165) is 10.2 Å². The predicted octanol–water partition coefficient (Wildman–Crippen LogP) is 4.36. The first-order valence-corrected chi connectivity index (χ1v) is 11.5. The number of piperazine rings is 1. The third-order valence-electron chi connectivity index (χ3n) is 5.85. The van der Waals surface area contributed by atoms with Gasteiger partial charge in [0.1, 0.15) is 15.9 Å². The van der Waals surface area contributed by atoms with Crippen LogP contribution in [0.3, 0.4) is 0 Å². The third-order valence-corrected chi connectivity index (χ3v) is 6.99. The molecule has 1 aliphatic rings. The molecule has 5 nitrogen and oxygen atoms in total. The maximum absolute atomic E-state index is 13.5. The Balaban J connectivity index is 1.61. The quantitative estimate of drug-likeness (QED) is 0.562. The minimum atomic E-state index is -0.548. The Morgan fingerprint density at radius 1 is 1.23 bits per heavy atom. The zero-order chi connectivity index (χ0) is 21.4. The van der Waals surface area contributed by atoms with E-state index in [1.54, 1.807) is 23.2 Å². The van der Waals surface area contributed by atoms with Crippen molar-refractivity contribution in [2.45, 2.75) is 38.7 Å². The van der Waals surface area contributed by atoms with Gasteiger partial charge in [0.15, 0.2) is 0 Å². The number of hydrogen-bond acceptors (Lipinski definition) is 3. The molecule has 1 saturated heterocycles. The average molecular weight is 444 g/mol. The summed E-state index contributed by atoms with van der Waals surface area (Å²) in [5.41, 5.74) is 3.13. The number of halogens is 1. The molecule has 1 aromatic carbocycles. The fourth-order valence-corrected chi connectivity index (χ4v) is 5.15. The first kappa shape index (κ1) is 20.9. The first-order valence-electron chi connectivity index (χ1n) is 10.2. The van der Waals surface area contributed by atoms with Crippen LogP contribution in [0.15, 0.2) is 41.8 Å². The highest BCUT2D eigenvalue weighted by atomic mass is 35.5. The zero-order valence-electron chi connectivity index (χ0n) is 17.5. The van der Waals surface area contributed by atoms with Gasteiger partial charge in [-0.3, -0.25) is 9.59 Å². The van der Waals surface area contributed by atoms with Gasteiger partial charge in [-0.1, -0.05) is 24.3 Å². The number of nitrogens with zero attached hydrogens (tertiary/aromatic N) is 3. The summed E-state index contributed by atoms with van der Waals surface area (Å²) in [4.78, 5) is 30.6. The lowest BCUT2D eigenvalue weighted by atomic mass is 10.1. The monoisotopic (exact) mass is 443 g/mol. The molecule has 30 heavy (non-hydrogen) atoms. The van der Waals surface area contributed by atoms with Crippen molar-refractivity contribution in [2.24, 2.45) is 0 Å². The molecule has 1 fully saturated rings. The van der Waals surface area contributed by atoms with Crippen LogP contribution in [0.25, 0.3) is 10.2 Å². The molecule has 1 aliphatic heterocycles. The highest BCUT2D eigenvalue weighted by molar-refractivity contribution is 7.16. The maximum Gasteiger partial charge on any atom is 0.270 e. The topological polar surface area (TPSA) is 45.6 Å². The van der Waals surface area contributed by atoms with Crippen LogP contribution in [0.5, 0.6) is 0 Å². The Kier molecular flexibility index (Phi) is 5.89. The van der Waals surface area contributed by atoms with Gasteiger partial charge in [0.2, 0.25) is 5.91 Å². The summed E-state index contributed by atoms with van der Waals surface area (Å²) in [6, 6.07) is 12.3. The second kappa shape index (κ2) is 8.44. The summed E-state index contributed by atoms with van der Waals surface area (Å²) in [6.07, 6.45) is 0. The highest BCUT2D eigenvalue weighted by Gasteiger charge is 2.33. The van der Waals surface area contributed by atoms with Gasteiger partial charge >= 0.3 is 0 Å². The van der Waals surface area contributed by atoms with Crippen molar-refractivity contribution >= 4 is 45.0 Å². The van der Waals surface area contributed by atoms with Gasteiger partial charge in [0.05, 0.1) is 0 Å². The summed E-state index contributed by atoms with van der Waals surface area (Å²) in [5.74, 6) is -0.0513. The summed E-state index contributed by atoms with van der Waals surface area (Å²) in [5, 5.41) is 2.61. The predicted molar refractivity (Wildman–Crippen MR) is 122 cm³/mol. The molecule has 0 aliphatic carbocycles. The van der Waals surface area contributed by atoms with Gasteiger partial charge in [-0.2, -0.15) is 0 Å². The molecule has 158 valence electrons. The van der Waals surface area contributed by atoms with Crippen LogP contribution >= 0.6 is 22.9 Å². The molecule has 3 heterocycles. The van der Waals surface area contributed by atoms with Crippen molar-refractivity contribution in [3.8, 4) is 0 Å². The van der Waals surface area contributed by atoms with Crippen molar-refractivity contribution in [1.29, 1.82) is 0 Å². The molecule has 7 heteroatoms. The average Bonchev–Trinajstić information content (AvgIpc) is 3.31. The molecule has 0 spiro atoms. The second-order valence-electron chi connectivity index (χ2n) is 7.97. The number of thiophene rings is 1. The fourth-order valence-electron chi connectivity index (χ4n) is 4.13. The van der Waals surface area contributed by atoms with E-state index in [2.05, 4.69) is 35.1 Å². The van der Waals surface area contributed by atoms with E-state index in [1.165, 1.54) is 11.1 Å². The van der Waals surface area contributed by atoms with Gasteiger partial charge in [0.25, 0.3) is 5.91 Å². The number of aromatic nitrogens is 1. The van der Waals surface area contributed by atoms with Gasteiger partial charge in [-0.15, -0.1) is 22.9 Å². The Hall–Kier alpha value is -2.31. The van der Waals surface area contributed by atoms with Crippen molar-refractivity contribution in [1.82, 2.24) is 14.4 Å². The number of benzene rings is 1. The normalized spacial score (nSPS) is 18.1. The van der Waals surface area contributed by atoms with E-state index in [-0.39, 0.29) is 17.9 Å². The summed E-state index contributed by atoms with van der Waals surface area (Å²) in [6.45, 7) is 7.97. The van der Waals surface area contributed by atoms with Crippen LogP contribution < -0.4 is 0 Å². The number of alkyl halides is 1. The first-order chi connectivity index (χ1) is 14.4. The second-order valence-corrected chi connectivity index (χ2v) is 9.52. The van der Waals surface area contributed by atoms with Crippen LogP contribution in [0.1, 0.15) is 35.5 Å². The van der Waals surface area contributed by atoms with Crippen LogP contribution in [0.4, 0.5) is 0 Å². The van der Waals surface area contributed by atoms with Crippen molar-refractivity contribution < 1.29 is 9.59 Å². The number of carbonyl (C=O) groups excluding carboxylic acids is 2. The molecule has 0 saturated carbocycles. The van der Waals surface area contributed by atoms with Crippen molar-refractivity contribution in [2.75, 3.05) is 19.6 Å². The van der Waals surface area contributed by atoms with E-state index in [4.69, 9.17) is 11.6 Å². The van der Waals surface area contributed by atoms with Crippen LogP contribution in [-0.4, -0.2) is 57.2 Å². The smallest absolute Gasteiger partial charge is 0.270 e. The largest absolute Gasteiger partial charge is 0.335 e. The molecular weight excluding hydrogens is 418 g/mol. The number of aryl methyl sites for hydroxylation is 1. The number of rotatable bonds is 4. The lowest BCUT2D eigenvalue weighted by Gasteiger charge is -2.40. The molecule has 2 aromatic heterocycles. The lowest BCUT2D eigenvalue weighted by molar-refractivity contribution is -0.134. The van der Waals surface area contributed by atoms with E-state index in [0.29, 0.717) is 31.9 Å². The molecule has 4 rings (SSSR count). The summed E-state index contributed by atoms with van der Waals surface area (Å²) >= 11 is 7.65. The SMILES string of the molecule is Cc1ccccc1Cn1c(C(=O)N2CCN(C(=O)C(C)Cl)C(C)C2)cc2ccsc21. The number of carbonyl (C=O) groups is 2. The lowest BCUT2D eigenvalue weighted by Crippen LogP contribution is -2.56. The maximum atomic E-state index is 13.5. The summed E-state index contributed by atoms with van der Waals surface area (Å²) in [7, 11) is 0. The van der Waals surface area contributed by atoms with Gasteiger partial charge in [-0.25, -0.2) is 0 Å². The number of amides is 2. The number of hydrogen-bond donors (Lipinski definition) is 0. The standard InChI is InChI=1S/C23H26ClN3O2S/c1-15-6-4-5-7-19(15)14-27-20(12-18-8-11-30-23(18)27)22(29)25-9-10-26(16(2)13-25)21(28)17(3)24/h4-8,11-12,16-17H,9-10,13-14H2,1-3H3. The minimum absolute atomic E-state index is 0.0184. The third kappa shape index (κ3) is 3.86. The van der Waals surface area contributed by atoms with Crippen LogP contribution in [0, 0.1) is 6.92 Å². The Morgan fingerprint density at radius 2 is 2.00 bits per heavy atom. The van der Waals surface area contributed by atoms with Crippen LogP contribution in [0.2, 0.25) is 0 Å². The Labute approximate surface area is 185 Å². The summed E-state index contributed by atoms with van der Waals surface area (Å²) < 4.78 is 2.13. The molecule has 0 N–H and O–H groups in total. The molecular formula is C23H26ClN3O2S. The number of fused-ring (bicyclic) bond motifs is 1. The molecule has 2 atom stereocenters. The Bertz CT molecular complexity index is 1090. The minimum Gasteiger partial charge on any atom is -0.335 e. The zero-order valence-corrected chi connectivity index (χ0v) is 19.0. The fraction of sp³-hybridized carbons (Fsp3) is 0.391. The van der Waals surface area contributed by atoms with Crippen LogP contribution in [-0.2, 0) is 11.3 Å². The highest BCUT2D eigenvalue weighted by Crippen LogP contribution is 2.28. The van der Waals surface area contributed by atoms with Gasteiger partial charge in [0, 0.05) is 37.6 Å². The van der Waals surface area contributed by atoms with E-state index in [9.17, 15) is 9.59 Å². The van der Waals surface area contributed by atoms with Gasteiger partial charge in [-0.05, 0) is 49.4 Å². The molecule has 2 unspecified atom stereocenters. The van der Waals surface area contributed by atoms with E-state index >= 15 is 0 Å².